The molecule has 3 aliphatic rings. The lowest BCUT2D eigenvalue weighted by molar-refractivity contribution is -0.153. The molecule has 1 saturated heterocycles. The van der Waals surface area contributed by atoms with Crippen LogP contribution in [0, 0.1) is 11.8 Å². The summed E-state index contributed by atoms with van der Waals surface area (Å²) in [4.78, 5) is 13.9. The van der Waals surface area contributed by atoms with Crippen molar-refractivity contribution in [1.82, 2.24) is 10.2 Å². The Morgan fingerprint density at radius 1 is 1.03 bits per heavy atom. The van der Waals surface area contributed by atoms with Crippen molar-refractivity contribution >= 4 is 5.91 Å². The van der Waals surface area contributed by atoms with Gasteiger partial charge in [-0.1, -0.05) is 25.0 Å². The Balaban J connectivity index is 1.12. The normalized spacial score (nSPS) is 24.5. The van der Waals surface area contributed by atoms with Gasteiger partial charge in [-0.2, -0.15) is 13.2 Å². The number of nitrogens with zero attached hydrogens (tertiary/aromatic N) is 1. The number of para-hydroxylation sites is 1. The third kappa shape index (κ3) is 6.30. The van der Waals surface area contributed by atoms with E-state index in [4.69, 9.17) is 9.47 Å². The quantitative estimate of drug-likeness (QED) is 0.639. The summed E-state index contributed by atoms with van der Waals surface area (Å²) in [7, 11) is 0. The van der Waals surface area contributed by atoms with Crippen molar-refractivity contribution in [3.8, 4) is 11.5 Å². The molecule has 8 heteroatoms. The molecule has 0 radical (unpaired) electrons. The first-order valence-corrected chi connectivity index (χ1v) is 11.8. The largest absolute Gasteiger partial charge is 0.454 e. The molecule has 0 bridgehead atoms. The number of halogens is 3. The van der Waals surface area contributed by atoms with Crippen LogP contribution in [0.1, 0.15) is 62.8 Å². The summed E-state index contributed by atoms with van der Waals surface area (Å²) in [5.74, 6) is 2.38. The first kappa shape index (κ1) is 23.2. The van der Waals surface area contributed by atoms with Crippen molar-refractivity contribution in [2.45, 2.75) is 63.5 Å². The average molecular weight is 455 g/mol. The lowest BCUT2D eigenvalue weighted by atomic mass is 9.80. The van der Waals surface area contributed by atoms with Gasteiger partial charge in [0.05, 0.1) is 0 Å². The molecule has 2 fully saturated rings. The second-order valence-corrected chi connectivity index (χ2v) is 9.47. The zero-order valence-corrected chi connectivity index (χ0v) is 18.5. The van der Waals surface area contributed by atoms with Crippen LogP contribution < -0.4 is 14.8 Å². The molecular formula is C24H33F3N2O3. The molecular weight excluding hydrogens is 421 g/mol. The minimum Gasteiger partial charge on any atom is -0.454 e. The third-order valence-electron chi connectivity index (χ3n) is 7.22. The predicted octanol–water partition coefficient (Wildman–Crippen LogP) is 4.86. The molecule has 32 heavy (non-hydrogen) atoms. The maximum absolute atomic E-state index is 12.2. The van der Waals surface area contributed by atoms with Gasteiger partial charge in [0.1, 0.15) is 6.42 Å². The number of amides is 1. The number of piperidine rings is 1. The molecule has 1 aromatic carbocycles. The van der Waals surface area contributed by atoms with Gasteiger partial charge in [0, 0.05) is 12.1 Å². The number of alkyl halides is 3. The van der Waals surface area contributed by atoms with E-state index in [9.17, 15) is 18.0 Å². The molecule has 1 N–H and O–H groups in total. The van der Waals surface area contributed by atoms with Gasteiger partial charge in [0.15, 0.2) is 11.5 Å². The fourth-order valence-electron chi connectivity index (χ4n) is 5.33. The molecule has 0 spiro atoms. The number of carbonyl (C=O) groups is 1. The first-order valence-electron chi connectivity index (χ1n) is 11.8. The van der Waals surface area contributed by atoms with E-state index in [1.165, 1.54) is 12.0 Å². The van der Waals surface area contributed by atoms with Crippen LogP contribution >= 0.6 is 0 Å². The Hall–Kier alpha value is -1.96. The van der Waals surface area contributed by atoms with E-state index in [1.807, 2.05) is 12.1 Å². The summed E-state index contributed by atoms with van der Waals surface area (Å²) in [5, 5.41) is 2.46. The van der Waals surface area contributed by atoms with Crippen molar-refractivity contribution in [3.63, 3.8) is 0 Å². The highest BCUT2D eigenvalue weighted by Crippen LogP contribution is 2.42. The maximum atomic E-state index is 12.2. The van der Waals surface area contributed by atoms with Crippen molar-refractivity contribution in [1.29, 1.82) is 0 Å². The smallest absolute Gasteiger partial charge is 0.397 e. The zero-order chi connectivity index (χ0) is 22.6. The van der Waals surface area contributed by atoms with Crippen molar-refractivity contribution < 1.29 is 27.4 Å². The van der Waals surface area contributed by atoms with Gasteiger partial charge < -0.3 is 19.7 Å². The molecule has 1 amide bonds. The Kier molecular flexibility index (Phi) is 7.48. The van der Waals surface area contributed by atoms with E-state index in [2.05, 4.69) is 16.3 Å². The molecule has 2 heterocycles. The highest BCUT2D eigenvalue weighted by molar-refractivity contribution is 5.76. The van der Waals surface area contributed by atoms with Gasteiger partial charge >= 0.3 is 6.18 Å². The highest BCUT2D eigenvalue weighted by atomic mass is 19.4. The van der Waals surface area contributed by atoms with Gasteiger partial charge in [-0.25, -0.2) is 0 Å². The minimum absolute atomic E-state index is 0.304. The van der Waals surface area contributed by atoms with E-state index < -0.39 is 18.5 Å². The molecule has 178 valence electrons. The molecule has 1 saturated carbocycles. The first-order chi connectivity index (χ1) is 15.4. The molecule has 4 rings (SSSR count). The van der Waals surface area contributed by atoms with Crippen molar-refractivity contribution in [2.24, 2.45) is 11.8 Å². The average Bonchev–Trinajstić information content (AvgIpc) is 3.25. The second kappa shape index (κ2) is 10.3. The second-order valence-electron chi connectivity index (χ2n) is 9.47. The molecule has 1 aromatic rings. The third-order valence-corrected chi connectivity index (χ3v) is 7.22. The Morgan fingerprint density at radius 3 is 2.47 bits per heavy atom. The maximum Gasteiger partial charge on any atom is 0.397 e. The van der Waals surface area contributed by atoms with E-state index in [0.717, 1.165) is 69.7 Å². The van der Waals surface area contributed by atoms with Crippen LogP contribution in [-0.2, 0) is 4.79 Å². The van der Waals surface area contributed by atoms with E-state index in [0.29, 0.717) is 31.1 Å². The number of carbonyl (C=O) groups excluding carboxylic acids is 1. The number of hydrogen-bond donors (Lipinski definition) is 1. The number of nitrogens with one attached hydrogen (secondary N) is 1. The molecule has 2 aliphatic heterocycles. The van der Waals surface area contributed by atoms with Crippen LogP contribution in [0.2, 0.25) is 0 Å². The fraction of sp³-hybridized carbons (Fsp3) is 0.708. The summed E-state index contributed by atoms with van der Waals surface area (Å²) in [6.45, 7) is 3.98. The monoisotopic (exact) mass is 454 g/mol. The van der Waals surface area contributed by atoms with Crippen molar-refractivity contribution in [3.05, 3.63) is 23.8 Å². The van der Waals surface area contributed by atoms with Crippen LogP contribution in [0.15, 0.2) is 18.2 Å². The van der Waals surface area contributed by atoms with Gasteiger partial charge in [0.25, 0.3) is 0 Å². The standard InChI is InChI=1S/C24H33F3N2O3/c25-24(26,27)14-22(30)28-15-18-6-4-17(5-7-18)8-11-29-12-9-19(10-13-29)20-2-1-3-21-23(20)32-16-31-21/h1-3,17-19H,4-16H2,(H,28,30). The number of ether oxygens (including phenoxy) is 2. The van der Waals surface area contributed by atoms with Crippen LogP contribution in [0.3, 0.4) is 0 Å². The van der Waals surface area contributed by atoms with Gasteiger partial charge in [-0.15, -0.1) is 0 Å². The number of benzene rings is 1. The van der Waals surface area contributed by atoms with Gasteiger partial charge in [-0.3, -0.25) is 4.79 Å². The number of likely N-dealkylation sites (tertiary alicyclic amines) is 1. The summed E-state index contributed by atoms with van der Waals surface area (Å²) in [6.07, 6.45) is 1.80. The van der Waals surface area contributed by atoms with Crippen LogP contribution in [0.5, 0.6) is 11.5 Å². The predicted molar refractivity (Wildman–Crippen MR) is 115 cm³/mol. The van der Waals surface area contributed by atoms with Crippen LogP contribution in [-0.4, -0.2) is 50.0 Å². The number of fused-ring (bicyclic) bond motifs is 1. The lowest BCUT2D eigenvalue weighted by Crippen LogP contribution is -2.36. The minimum atomic E-state index is -4.43. The van der Waals surface area contributed by atoms with E-state index in [-0.39, 0.29) is 0 Å². The van der Waals surface area contributed by atoms with Crippen molar-refractivity contribution in [2.75, 3.05) is 33.0 Å². The van der Waals surface area contributed by atoms with Crippen LogP contribution in [0.25, 0.3) is 0 Å². The van der Waals surface area contributed by atoms with Gasteiger partial charge in [0.2, 0.25) is 12.7 Å². The Morgan fingerprint density at radius 2 is 1.75 bits per heavy atom. The van der Waals surface area contributed by atoms with Crippen LogP contribution in [0.4, 0.5) is 13.2 Å². The summed E-state index contributed by atoms with van der Waals surface area (Å²) in [5.41, 5.74) is 1.28. The Bertz CT molecular complexity index is 770. The number of hydrogen-bond acceptors (Lipinski definition) is 4. The Labute approximate surface area is 187 Å². The van der Waals surface area contributed by atoms with E-state index in [1.54, 1.807) is 0 Å². The molecule has 1 aliphatic carbocycles. The van der Waals surface area contributed by atoms with Gasteiger partial charge in [-0.05, 0) is 75.6 Å². The van der Waals surface area contributed by atoms with E-state index >= 15 is 0 Å². The fourth-order valence-corrected chi connectivity index (χ4v) is 5.33. The molecule has 0 unspecified atom stereocenters. The zero-order valence-electron chi connectivity index (χ0n) is 18.5. The summed E-state index contributed by atoms with van der Waals surface area (Å²) in [6, 6.07) is 6.18. The summed E-state index contributed by atoms with van der Waals surface area (Å²) >= 11 is 0. The number of rotatable bonds is 7. The highest BCUT2D eigenvalue weighted by Gasteiger charge is 2.32. The molecule has 5 nitrogen and oxygen atoms in total. The SMILES string of the molecule is O=C(CC(F)(F)F)NCC1CCC(CCN2CCC(c3cccc4c3OCO4)CC2)CC1. The molecule has 0 atom stereocenters. The summed E-state index contributed by atoms with van der Waals surface area (Å²) < 4.78 is 47.9. The molecule has 0 aromatic heterocycles. The topological polar surface area (TPSA) is 50.8 Å². The lowest BCUT2D eigenvalue weighted by Gasteiger charge is -2.34.